The van der Waals surface area contributed by atoms with Crippen LogP contribution in [0.15, 0.2) is 42.5 Å². The average molecular weight is 378 g/mol. The molecule has 2 N–H and O–H groups in total. The summed E-state index contributed by atoms with van der Waals surface area (Å²) < 4.78 is 52.5. The number of rotatable bonds is 7. The molecule has 0 atom stereocenters. The van der Waals surface area contributed by atoms with E-state index < -0.39 is 12.1 Å². The Labute approximate surface area is 150 Å². The van der Waals surface area contributed by atoms with E-state index in [-0.39, 0.29) is 31.3 Å². The van der Waals surface area contributed by atoms with Gasteiger partial charge in [0.25, 0.3) is 0 Å². The fourth-order valence-corrected chi connectivity index (χ4v) is 2.11. The van der Waals surface area contributed by atoms with Gasteiger partial charge in [0.15, 0.2) is 11.5 Å². The van der Waals surface area contributed by atoms with Crippen molar-refractivity contribution >= 4 is 12.4 Å². The van der Waals surface area contributed by atoms with Gasteiger partial charge < -0.3 is 19.9 Å². The quantitative estimate of drug-likeness (QED) is 0.776. The molecule has 0 unspecified atom stereocenters. The Hall–Kier alpha value is -2.12. The van der Waals surface area contributed by atoms with E-state index in [9.17, 15) is 13.2 Å². The van der Waals surface area contributed by atoms with Crippen LogP contribution < -0.4 is 19.9 Å². The lowest BCUT2D eigenvalue weighted by Crippen LogP contribution is -2.18. The summed E-state index contributed by atoms with van der Waals surface area (Å²) in [6.07, 6.45) is -4.81. The van der Waals surface area contributed by atoms with Gasteiger partial charge in [0.2, 0.25) is 0 Å². The topological polar surface area (TPSA) is 53.7 Å². The predicted molar refractivity (Wildman–Crippen MR) is 91.5 cm³/mol. The van der Waals surface area contributed by atoms with Crippen molar-refractivity contribution in [1.82, 2.24) is 0 Å². The minimum atomic E-state index is -4.81. The van der Waals surface area contributed by atoms with Crippen molar-refractivity contribution in [3.05, 3.63) is 42.5 Å². The Morgan fingerprint density at radius 1 is 0.960 bits per heavy atom. The zero-order valence-corrected chi connectivity index (χ0v) is 14.3. The van der Waals surface area contributed by atoms with E-state index in [0.717, 1.165) is 0 Å². The van der Waals surface area contributed by atoms with Crippen molar-refractivity contribution in [2.45, 2.75) is 13.3 Å². The highest BCUT2D eigenvalue weighted by atomic mass is 35.5. The second-order valence-corrected chi connectivity index (χ2v) is 4.81. The molecule has 0 fully saturated rings. The van der Waals surface area contributed by atoms with E-state index in [0.29, 0.717) is 23.5 Å². The molecule has 4 nitrogen and oxygen atoms in total. The number of nitrogens with two attached hydrogens (primary N) is 1. The Kier molecular flexibility index (Phi) is 7.86. The molecule has 138 valence electrons. The standard InChI is InChI=1S/C17H18F3NO3.ClH/c1-2-22-14-5-3-4-12(10-14)13-6-7-15(23-9-8-21)16(11-13)24-17(18,19)20;/h3-7,10-11H,2,8-9,21H2,1H3;1H. The van der Waals surface area contributed by atoms with Gasteiger partial charge in [-0.2, -0.15) is 0 Å². The largest absolute Gasteiger partial charge is 0.573 e. The molecule has 0 aliphatic carbocycles. The maximum absolute atomic E-state index is 12.6. The molecule has 2 aromatic carbocycles. The van der Waals surface area contributed by atoms with Gasteiger partial charge in [-0.1, -0.05) is 18.2 Å². The first-order valence-corrected chi connectivity index (χ1v) is 7.39. The van der Waals surface area contributed by atoms with E-state index >= 15 is 0 Å². The first kappa shape index (κ1) is 20.9. The minimum Gasteiger partial charge on any atom is -0.494 e. The highest BCUT2D eigenvalue weighted by molar-refractivity contribution is 5.85. The van der Waals surface area contributed by atoms with Crippen LogP contribution in [0.4, 0.5) is 13.2 Å². The van der Waals surface area contributed by atoms with E-state index in [1.54, 1.807) is 30.3 Å². The fourth-order valence-electron chi connectivity index (χ4n) is 2.11. The highest BCUT2D eigenvalue weighted by Crippen LogP contribution is 2.36. The van der Waals surface area contributed by atoms with E-state index in [1.807, 2.05) is 6.92 Å². The van der Waals surface area contributed by atoms with Gasteiger partial charge in [-0.05, 0) is 42.3 Å². The van der Waals surface area contributed by atoms with E-state index in [2.05, 4.69) is 4.74 Å². The fraction of sp³-hybridized carbons (Fsp3) is 0.294. The van der Waals surface area contributed by atoms with Crippen molar-refractivity contribution < 1.29 is 27.4 Å². The monoisotopic (exact) mass is 377 g/mol. The molecule has 0 saturated heterocycles. The van der Waals surface area contributed by atoms with Crippen LogP contribution in [0.5, 0.6) is 17.2 Å². The van der Waals surface area contributed by atoms with Crippen LogP contribution in [0.2, 0.25) is 0 Å². The summed E-state index contributed by atoms with van der Waals surface area (Å²) in [5.74, 6) is 0.217. The lowest BCUT2D eigenvalue weighted by atomic mass is 10.0. The third-order valence-electron chi connectivity index (χ3n) is 3.02. The molecular formula is C17H19ClF3NO3. The van der Waals surface area contributed by atoms with Gasteiger partial charge in [0.1, 0.15) is 12.4 Å². The molecule has 2 aromatic rings. The zero-order valence-electron chi connectivity index (χ0n) is 13.5. The number of halogens is 4. The summed E-state index contributed by atoms with van der Waals surface area (Å²) >= 11 is 0. The first-order valence-electron chi connectivity index (χ1n) is 7.39. The Morgan fingerprint density at radius 3 is 2.32 bits per heavy atom. The molecule has 0 aliphatic rings. The first-order chi connectivity index (χ1) is 11.4. The third kappa shape index (κ3) is 6.36. The number of benzene rings is 2. The highest BCUT2D eigenvalue weighted by Gasteiger charge is 2.32. The number of hydrogen-bond donors (Lipinski definition) is 1. The van der Waals surface area contributed by atoms with Crippen LogP contribution in [0.1, 0.15) is 6.92 Å². The summed E-state index contributed by atoms with van der Waals surface area (Å²) in [5.41, 5.74) is 6.58. The second kappa shape index (κ2) is 9.39. The molecule has 8 heteroatoms. The molecule has 2 rings (SSSR count). The molecule has 0 aromatic heterocycles. The van der Waals surface area contributed by atoms with Crippen molar-refractivity contribution in [3.8, 4) is 28.4 Å². The van der Waals surface area contributed by atoms with Crippen LogP contribution >= 0.6 is 12.4 Å². The maximum Gasteiger partial charge on any atom is 0.573 e. The molecule has 0 radical (unpaired) electrons. The van der Waals surface area contributed by atoms with Gasteiger partial charge >= 0.3 is 6.36 Å². The summed E-state index contributed by atoms with van der Waals surface area (Å²) in [7, 11) is 0. The summed E-state index contributed by atoms with van der Waals surface area (Å²) in [6.45, 7) is 2.63. The average Bonchev–Trinajstić information content (AvgIpc) is 2.53. The van der Waals surface area contributed by atoms with Crippen molar-refractivity contribution in [3.63, 3.8) is 0 Å². The minimum absolute atomic E-state index is 0. The maximum atomic E-state index is 12.6. The zero-order chi connectivity index (χ0) is 17.6. The second-order valence-electron chi connectivity index (χ2n) is 4.81. The van der Waals surface area contributed by atoms with E-state index in [1.165, 1.54) is 12.1 Å². The molecule has 0 aliphatic heterocycles. The number of ether oxygens (including phenoxy) is 3. The third-order valence-corrected chi connectivity index (χ3v) is 3.02. The molecular weight excluding hydrogens is 359 g/mol. The van der Waals surface area contributed by atoms with Crippen LogP contribution in [0.25, 0.3) is 11.1 Å². The van der Waals surface area contributed by atoms with Gasteiger partial charge in [0, 0.05) is 6.54 Å². The van der Waals surface area contributed by atoms with Gasteiger partial charge in [0.05, 0.1) is 6.61 Å². The predicted octanol–water partition coefficient (Wildman–Crippen LogP) is 4.41. The van der Waals surface area contributed by atoms with Crippen LogP contribution in [-0.4, -0.2) is 26.1 Å². The Morgan fingerprint density at radius 2 is 1.68 bits per heavy atom. The molecule has 0 amide bonds. The molecule has 0 saturated carbocycles. The molecule has 0 spiro atoms. The van der Waals surface area contributed by atoms with Crippen molar-refractivity contribution in [2.75, 3.05) is 19.8 Å². The SMILES string of the molecule is CCOc1cccc(-c2ccc(OCCN)c(OC(F)(F)F)c2)c1.Cl. The van der Waals surface area contributed by atoms with Crippen LogP contribution in [0.3, 0.4) is 0 Å². The van der Waals surface area contributed by atoms with Gasteiger partial charge in [-0.25, -0.2) is 0 Å². The normalized spacial score (nSPS) is 10.8. The molecule has 25 heavy (non-hydrogen) atoms. The number of alkyl halides is 3. The van der Waals surface area contributed by atoms with Gasteiger partial charge in [-0.3, -0.25) is 0 Å². The lowest BCUT2D eigenvalue weighted by Gasteiger charge is -2.15. The summed E-state index contributed by atoms with van der Waals surface area (Å²) in [6, 6.07) is 11.4. The lowest BCUT2D eigenvalue weighted by molar-refractivity contribution is -0.275. The smallest absolute Gasteiger partial charge is 0.494 e. The molecule has 0 heterocycles. The summed E-state index contributed by atoms with van der Waals surface area (Å²) in [5, 5.41) is 0. The van der Waals surface area contributed by atoms with Crippen molar-refractivity contribution in [2.24, 2.45) is 5.73 Å². The Balaban J connectivity index is 0.00000312. The summed E-state index contributed by atoms with van der Waals surface area (Å²) in [4.78, 5) is 0. The van der Waals surface area contributed by atoms with Crippen LogP contribution in [-0.2, 0) is 0 Å². The van der Waals surface area contributed by atoms with Gasteiger partial charge in [-0.15, -0.1) is 25.6 Å². The van der Waals surface area contributed by atoms with E-state index in [4.69, 9.17) is 15.2 Å². The van der Waals surface area contributed by atoms with Crippen LogP contribution in [0, 0.1) is 0 Å². The number of hydrogen-bond acceptors (Lipinski definition) is 4. The Bertz CT molecular complexity index is 680. The van der Waals surface area contributed by atoms with Crippen molar-refractivity contribution in [1.29, 1.82) is 0 Å². The molecule has 0 bridgehead atoms.